The van der Waals surface area contributed by atoms with Gasteiger partial charge in [-0.05, 0) is 54.6 Å². The number of nitrogens with zero attached hydrogens (tertiary/aromatic N) is 3. The van der Waals surface area contributed by atoms with Gasteiger partial charge in [0.15, 0.2) is 0 Å². The fraction of sp³-hybridized carbons (Fsp3) is 0.261. The third-order valence-corrected chi connectivity index (χ3v) is 6.70. The summed E-state index contributed by atoms with van der Waals surface area (Å²) >= 11 is 1.72. The van der Waals surface area contributed by atoms with Crippen LogP contribution in [0.15, 0.2) is 63.3 Å². The summed E-state index contributed by atoms with van der Waals surface area (Å²) in [5.74, 6) is 1.39. The lowest BCUT2D eigenvalue weighted by Gasteiger charge is -2.35. The van der Waals surface area contributed by atoms with Crippen LogP contribution in [0.2, 0.25) is 0 Å². The number of rotatable bonds is 4. The molecule has 0 aliphatic carbocycles. The monoisotopic (exact) mass is 419 g/mol. The number of fused-ring (bicyclic) bond motifs is 2. The van der Waals surface area contributed by atoms with Crippen LogP contribution in [0.4, 0.5) is 0 Å². The number of benzene rings is 1. The van der Waals surface area contributed by atoms with Crippen molar-refractivity contribution in [3.05, 3.63) is 86.5 Å². The van der Waals surface area contributed by atoms with Crippen LogP contribution >= 0.6 is 11.3 Å². The van der Waals surface area contributed by atoms with E-state index in [2.05, 4.69) is 16.4 Å². The van der Waals surface area contributed by atoms with E-state index >= 15 is 0 Å². The molecule has 0 radical (unpaired) electrons. The highest BCUT2D eigenvalue weighted by molar-refractivity contribution is 7.10. The number of aromatic nitrogens is 2. The molecule has 1 atom stereocenters. The summed E-state index contributed by atoms with van der Waals surface area (Å²) in [5, 5.41) is 2.64. The smallest absolute Gasteiger partial charge is 0.261 e. The fourth-order valence-electron chi connectivity index (χ4n) is 4.23. The van der Waals surface area contributed by atoms with Crippen molar-refractivity contribution >= 4 is 28.1 Å². The summed E-state index contributed by atoms with van der Waals surface area (Å²) in [6.07, 6.45) is 2.71. The summed E-state index contributed by atoms with van der Waals surface area (Å²) in [6.45, 7) is 2.75. The van der Waals surface area contributed by atoms with Gasteiger partial charge in [-0.2, -0.15) is 0 Å². The van der Waals surface area contributed by atoms with Gasteiger partial charge in [0, 0.05) is 24.4 Å². The Labute approximate surface area is 177 Å². The molecule has 6 nitrogen and oxygen atoms in total. The second kappa shape index (κ2) is 7.57. The van der Waals surface area contributed by atoms with E-state index in [1.807, 2.05) is 42.2 Å². The van der Waals surface area contributed by atoms with Crippen LogP contribution in [-0.4, -0.2) is 26.9 Å². The maximum absolute atomic E-state index is 13.2. The van der Waals surface area contributed by atoms with Crippen LogP contribution < -0.4 is 5.56 Å². The zero-order valence-electron chi connectivity index (χ0n) is 16.6. The van der Waals surface area contributed by atoms with E-state index in [1.165, 1.54) is 4.88 Å². The third kappa shape index (κ3) is 3.15. The Morgan fingerprint density at radius 3 is 2.93 bits per heavy atom. The van der Waals surface area contributed by atoms with Gasteiger partial charge in [-0.25, -0.2) is 4.98 Å². The highest BCUT2D eigenvalue weighted by Crippen LogP contribution is 2.38. The number of para-hydroxylation sites is 1. The van der Waals surface area contributed by atoms with Gasteiger partial charge < -0.3 is 9.32 Å². The Kier molecular flexibility index (Phi) is 4.75. The predicted molar refractivity (Wildman–Crippen MR) is 116 cm³/mol. The molecule has 7 heteroatoms. The van der Waals surface area contributed by atoms with Crippen LogP contribution in [0.5, 0.6) is 0 Å². The molecule has 0 N–H and O–H groups in total. The summed E-state index contributed by atoms with van der Waals surface area (Å²) in [7, 11) is 0. The molecule has 0 saturated carbocycles. The van der Waals surface area contributed by atoms with Crippen molar-refractivity contribution in [3.63, 3.8) is 0 Å². The Hall–Kier alpha value is -3.19. The highest BCUT2D eigenvalue weighted by atomic mass is 32.1. The Morgan fingerprint density at radius 1 is 1.23 bits per heavy atom. The minimum atomic E-state index is -0.213. The fourth-order valence-corrected chi connectivity index (χ4v) is 5.14. The van der Waals surface area contributed by atoms with Gasteiger partial charge >= 0.3 is 0 Å². The molecule has 0 unspecified atom stereocenters. The number of furan rings is 1. The molecular formula is C23H21N3O3S. The van der Waals surface area contributed by atoms with Crippen molar-refractivity contribution in [1.82, 2.24) is 14.5 Å². The molecule has 152 valence electrons. The lowest BCUT2D eigenvalue weighted by atomic mass is 9.97. The molecule has 3 aromatic heterocycles. The predicted octanol–water partition coefficient (Wildman–Crippen LogP) is 3.92. The molecule has 1 aliphatic rings. The number of hydrogen-bond donors (Lipinski definition) is 0. The summed E-state index contributed by atoms with van der Waals surface area (Å²) < 4.78 is 7.27. The van der Waals surface area contributed by atoms with Gasteiger partial charge in [-0.15, -0.1) is 11.3 Å². The SMILES string of the molecule is Cc1nc2ccccc2c(=O)n1CCC(=O)N1CCc2sccc2[C@@H]1c1ccco1. The summed E-state index contributed by atoms with van der Waals surface area (Å²) in [5.41, 5.74) is 1.71. The standard InChI is InChI=1S/C23H21N3O3S/c1-15-24-18-6-3-2-5-16(18)23(28)25(15)12-9-21(27)26-11-8-20-17(10-14-30-20)22(26)19-7-4-13-29-19/h2-7,10,13-14,22H,8-9,11-12H2,1H3/t22-/m1/s1. The number of amides is 1. The topological polar surface area (TPSA) is 68.3 Å². The zero-order chi connectivity index (χ0) is 20.7. The van der Waals surface area contributed by atoms with E-state index in [-0.39, 0.29) is 23.9 Å². The second-order valence-electron chi connectivity index (χ2n) is 7.44. The Balaban J connectivity index is 1.42. The van der Waals surface area contributed by atoms with Crippen molar-refractivity contribution in [3.8, 4) is 0 Å². The van der Waals surface area contributed by atoms with Crippen LogP contribution in [0.1, 0.15) is 34.5 Å². The molecule has 1 amide bonds. The average Bonchev–Trinajstić information content (AvgIpc) is 3.44. The first kappa shape index (κ1) is 18.8. The van der Waals surface area contributed by atoms with Gasteiger partial charge in [0.25, 0.3) is 5.56 Å². The van der Waals surface area contributed by atoms with Crippen molar-refractivity contribution in [1.29, 1.82) is 0 Å². The van der Waals surface area contributed by atoms with Crippen LogP contribution in [0, 0.1) is 6.92 Å². The first-order chi connectivity index (χ1) is 14.6. The highest BCUT2D eigenvalue weighted by Gasteiger charge is 2.34. The van der Waals surface area contributed by atoms with Crippen molar-refractivity contribution in [2.75, 3.05) is 6.54 Å². The minimum Gasteiger partial charge on any atom is -0.467 e. The van der Waals surface area contributed by atoms with Crippen LogP contribution in [0.3, 0.4) is 0 Å². The van der Waals surface area contributed by atoms with E-state index in [4.69, 9.17) is 4.42 Å². The molecule has 0 bridgehead atoms. The first-order valence-corrected chi connectivity index (χ1v) is 10.9. The van der Waals surface area contributed by atoms with E-state index in [9.17, 15) is 9.59 Å². The van der Waals surface area contributed by atoms with Crippen LogP contribution in [-0.2, 0) is 17.8 Å². The number of thiophene rings is 1. The zero-order valence-corrected chi connectivity index (χ0v) is 17.4. The lowest BCUT2D eigenvalue weighted by molar-refractivity contribution is -0.133. The molecule has 1 aromatic carbocycles. The molecule has 30 heavy (non-hydrogen) atoms. The molecule has 0 fully saturated rings. The summed E-state index contributed by atoms with van der Waals surface area (Å²) in [4.78, 5) is 33.9. The quantitative estimate of drug-likeness (QED) is 0.503. The normalized spacial score (nSPS) is 16.0. The maximum atomic E-state index is 13.2. The molecule has 1 aliphatic heterocycles. The first-order valence-electron chi connectivity index (χ1n) is 9.99. The van der Waals surface area contributed by atoms with Crippen molar-refractivity contribution in [2.45, 2.75) is 32.4 Å². The number of aryl methyl sites for hydroxylation is 1. The molecular weight excluding hydrogens is 398 g/mol. The van der Waals surface area contributed by atoms with Gasteiger partial charge in [-0.3, -0.25) is 14.2 Å². The van der Waals surface area contributed by atoms with E-state index in [0.29, 0.717) is 29.8 Å². The second-order valence-corrected chi connectivity index (χ2v) is 8.44. The van der Waals surface area contributed by atoms with Crippen LogP contribution in [0.25, 0.3) is 10.9 Å². The third-order valence-electron chi connectivity index (χ3n) is 5.70. The van der Waals surface area contributed by atoms with E-state index < -0.39 is 0 Å². The van der Waals surface area contributed by atoms with Gasteiger partial charge in [0.2, 0.25) is 5.91 Å². The van der Waals surface area contributed by atoms with Gasteiger partial charge in [0.05, 0.1) is 17.2 Å². The van der Waals surface area contributed by atoms with Gasteiger partial charge in [-0.1, -0.05) is 12.1 Å². The molecule has 0 spiro atoms. The van der Waals surface area contributed by atoms with Crippen molar-refractivity contribution in [2.24, 2.45) is 0 Å². The Morgan fingerprint density at radius 2 is 2.10 bits per heavy atom. The largest absolute Gasteiger partial charge is 0.467 e. The molecule has 5 rings (SSSR count). The number of carbonyl (C=O) groups is 1. The molecule has 0 saturated heterocycles. The summed E-state index contributed by atoms with van der Waals surface area (Å²) in [6, 6.07) is 12.9. The number of hydrogen-bond acceptors (Lipinski definition) is 5. The van der Waals surface area contributed by atoms with E-state index in [1.54, 1.807) is 28.2 Å². The van der Waals surface area contributed by atoms with Gasteiger partial charge in [0.1, 0.15) is 17.6 Å². The van der Waals surface area contributed by atoms with E-state index in [0.717, 1.165) is 17.7 Å². The average molecular weight is 420 g/mol. The number of carbonyl (C=O) groups excluding carboxylic acids is 1. The molecule has 4 heterocycles. The lowest BCUT2D eigenvalue weighted by Crippen LogP contribution is -2.40. The molecule has 4 aromatic rings. The van der Waals surface area contributed by atoms with Crippen molar-refractivity contribution < 1.29 is 9.21 Å². The Bertz CT molecular complexity index is 1270. The minimum absolute atomic E-state index is 0.00714. The maximum Gasteiger partial charge on any atom is 0.261 e.